The number of nitrogens with zero attached hydrogens (tertiary/aromatic N) is 1. The first-order chi connectivity index (χ1) is 15.9. The quantitative estimate of drug-likeness (QED) is 0.514. The first-order valence-corrected chi connectivity index (χ1v) is 11.4. The summed E-state index contributed by atoms with van der Waals surface area (Å²) in [4.78, 5) is 28.4. The van der Waals surface area contributed by atoms with Crippen LogP contribution in [0.2, 0.25) is 5.02 Å². The van der Waals surface area contributed by atoms with Gasteiger partial charge in [0.2, 0.25) is 5.91 Å². The molecule has 0 saturated carbocycles. The maximum atomic E-state index is 13.5. The fourth-order valence-corrected chi connectivity index (χ4v) is 4.44. The minimum absolute atomic E-state index is 0.0851. The lowest BCUT2D eigenvalue weighted by atomic mass is 9.87. The Morgan fingerprint density at radius 3 is 2.39 bits per heavy atom. The van der Waals surface area contributed by atoms with Gasteiger partial charge in [-0.2, -0.15) is 0 Å². The summed E-state index contributed by atoms with van der Waals surface area (Å²) in [6.07, 6.45) is 1.41. The normalized spacial score (nSPS) is 18.0. The Balaban J connectivity index is 1.56. The predicted octanol–water partition coefficient (Wildman–Crippen LogP) is 5.89. The molecule has 1 fully saturated rings. The lowest BCUT2D eigenvalue weighted by Gasteiger charge is -2.39. The van der Waals surface area contributed by atoms with Crippen LogP contribution in [0.25, 0.3) is 0 Å². The highest BCUT2D eigenvalue weighted by molar-refractivity contribution is 6.30. The first kappa shape index (κ1) is 22.9. The van der Waals surface area contributed by atoms with Crippen LogP contribution in [0.4, 0.5) is 5.69 Å². The van der Waals surface area contributed by atoms with E-state index in [9.17, 15) is 9.59 Å². The van der Waals surface area contributed by atoms with Crippen LogP contribution in [-0.2, 0) is 4.79 Å². The Morgan fingerprint density at radius 1 is 1.00 bits per heavy atom. The lowest BCUT2D eigenvalue weighted by Crippen LogP contribution is -2.45. The van der Waals surface area contributed by atoms with E-state index in [0.717, 1.165) is 16.9 Å². The summed E-state index contributed by atoms with van der Waals surface area (Å²) in [5, 5.41) is 3.56. The molecule has 2 amide bonds. The van der Waals surface area contributed by atoms with E-state index in [4.69, 9.17) is 16.3 Å². The van der Waals surface area contributed by atoms with Gasteiger partial charge in [-0.25, -0.2) is 0 Å². The van der Waals surface area contributed by atoms with E-state index in [2.05, 4.69) is 17.4 Å². The van der Waals surface area contributed by atoms with Crippen molar-refractivity contribution in [3.05, 3.63) is 94.5 Å². The number of nitrogens with one attached hydrogen (secondary N) is 1. The predicted molar refractivity (Wildman–Crippen MR) is 131 cm³/mol. The molecule has 1 N–H and O–H groups in total. The number of carbonyl (C=O) groups excluding carboxylic acids is 2. The molecule has 4 rings (SSSR count). The molecule has 0 spiro atoms. The smallest absolute Gasteiger partial charge is 0.254 e. The second kappa shape index (κ2) is 10.1. The summed E-state index contributed by atoms with van der Waals surface area (Å²) in [5.41, 5.74) is 3.50. The van der Waals surface area contributed by atoms with Crippen LogP contribution >= 0.6 is 11.6 Å². The van der Waals surface area contributed by atoms with Crippen molar-refractivity contribution in [2.45, 2.75) is 25.8 Å². The molecule has 0 bridgehead atoms. The number of aryl methyl sites for hydroxylation is 1. The number of likely N-dealkylation sites (tertiary alicyclic amines) is 1. The SMILES string of the molecule is COc1ccc(NC(=O)C2CCC(c3cccc(C)c3)N(C(=O)c3ccc(Cl)cc3)C2)cc1. The van der Waals surface area contributed by atoms with Crippen LogP contribution in [0.5, 0.6) is 5.75 Å². The zero-order valence-corrected chi connectivity index (χ0v) is 19.5. The average Bonchev–Trinajstić information content (AvgIpc) is 2.84. The van der Waals surface area contributed by atoms with Crippen molar-refractivity contribution >= 4 is 29.1 Å². The zero-order chi connectivity index (χ0) is 23.4. The number of piperidine rings is 1. The molecule has 33 heavy (non-hydrogen) atoms. The first-order valence-electron chi connectivity index (χ1n) is 11.0. The number of amides is 2. The van der Waals surface area contributed by atoms with Gasteiger partial charge in [-0.3, -0.25) is 9.59 Å². The highest BCUT2D eigenvalue weighted by Crippen LogP contribution is 2.35. The second-order valence-electron chi connectivity index (χ2n) is 8.39. The van der Waals surface area contributed by atoms with Crippen molar-refractivity contribution in [3.8, 4) is 5.75 Å². The number of rotatable bonds is 5. The van der Waals surface area contributed by atoms with Crippen LogP contribution in [0, 0.1) is 12.8 Å². The van der Waals surface area contributed by atoms with Crippen molar-refractivity contribution in [1.29, 1.82) is 0 Å². The number of hydrogen-bond donors (Lipinski definition) is 1. The summed E-state index contributed by atoms with van der Waals surface area (Å²) >= 11 is 6.02. The molecule has 0 radical (unpaired) electrons. The Kier molecular flexibility index (Phi) is 6.99. The Morgan fingerprint density at radius 2 is 1.73 bits per heavy atom. The molecule has 1 aliphatic rings. The molecular weight excluding hydrogens is 436 g/mol. The number of carbonyl (C=O) groups is 2. The largest absolute Gasteiger partial charge is 0.497 e. The molecule has 1 aliphatic heterocycles. The summed E-state index contributed by atoms with van der Waals surface area (Å²) in [6, 6.07) is 22.3. The highest BCUT2D eigenvalue weighted by Gasteiger charge is 2.36. The molecule has 1 saturated heterocycles. The zero-order valence-electron chi connectivity index (χ0n) is 18.8. The molecule has 6 heteroatoms. The number of methoxy groups -OCH3 is 1. The van der Waals surface area contributed by atoms with Gasteiger partial charge in [-0.1, -0.05) is 41.4 Å². The fourth-order valence-electron chi connectivity index (χ4n) is 4.31. The van der Waals surface area contributed by atoms with E-state index in [1.807, 2.05) is 36.1 Å². The van der Waals surface area contributed by atoms with E-state index >= 15 is 0 Å². The summed E-state index contributed by atoms with van der Waals surface area (Å²) in [5.74, 6) is 0.243. The summed E-state index contributed by atoms with van der Waals surface area (Å²) in [6.45, 7) is 2.39. The third kappa shape index (κ3) is 5.37. The van der Waals surface area contributed by atoms with Crippen LogP contribution < -0.4 is 10.1 Å². The Labute approximate surface area is 199 Å². The van der Waals surface area contributed by atoms with E-state index < -0.39 is 0 Å². The van der Waals surface area contributed by atoms with Crippen LogP contribution in [0.15, 0.2) is 72.8 Å². The molecule has 5 nitrogen and oxygen atoms in total. The topological polar surface area (TPSA) is 58.6 Å². The van der Waals surface area contributed by atoms with Gasteiger partial charge < -0.3 is 15.0 Å². The minimum Gasteiger partial charge on any atom is -0.497 e. The standard InChI is InChI=1S/C27H27ClN2O3/c1-18-4-3-5-20(16-18)25-15-8-21(26(31)29-23-11-13-24(33-2)14-12-23)17-30(25)27(32)19-6-9-22(28)10-7-19/h3-7,9-14,16,21,25H,8,15,17H2,1-2H3,(H,29,31). The lowest BCUT2D eigenvalue weighted by molar-refractivity contribution is -0.121. The van der Waals surface area contributed by atoms with Gasteiger partial charge in [0.1, 0.15) is 5.75 Å². The van der Waals surface area contributed by atoms with Crippen molar-refractivity contribution < 1.29 is 14.3 Å². The van der Waals surface area contributed by atoms with E-state index in [0.29, 0.717) is 35.7 Å². The molecular formula is C27H27ClN2O3. The minimum atomic E-state index is -0.301. The third-order valence-electron chi connectivity index (χ3n) is 6.09. The van der Waals surface area contributed by atoms with Gasteiger partial charge in [0.15, 0.2) is 0 Å². The van der Waals surface area contributed by atoms with Crippen LogP contribution in [-0.4, -0.2) is 30.4 Å². The molecule has 0 aliphatic carbocycles. The second-order valence-corrected chi connectivity index (χ2v) is 8.82. The molecule has 3 aromatic rings. The monoisotopic (exact) mass is 462 g/mol. The Bertz CT molecular complexity index is 1130. The van der Waals surface area contributed by atoms with Gasteiger partial charge in [0.05, 0.1) is 19.1 Å². The van der Waals surface area contributed by atoms with E-state index in [-0.39, 0.29) is 23.8 Å². The number of anilines is 1. The number of benzene rings is 3. The summed E-state index contributed by atoms with van der Waals surface area (Å²) in [7, 11) is 1.60. The number of ether oxygens (including phenoxy) is 1. The highest BCUT2D eigenvalue weighted by atomic mass is 35.5. The van der Waals surface area contributed by atoms with Crippen molar-refractivity contribution in [1.82, 2.24) is 4.90 Å². The molecule has 1 heterocycles. The molecule has 3 aromatic carbocycles. The third-order valence-corrected chi connectivity index (χ3v) is 6.34. The Hall–Kier alpha value is -3.31. The average molecular weight is 463 g/mol. The van der Waals surface area contributed by atoms with E-state index in [1.54, 1.807) is 43.5 Å². The van der Waals surface area contributed by atoms with Crippen LogP contribution in [0.3, 0.4) is 0 Å². The molecule has 0 aromatic heterocycles. The van der Waals surface area contributed by atoms with Gasteiger partial charge in [-0.05, 0) is 73.9 Å². The molecule has 2 unspecified atom stereocenters. The number of halogens is 1. The maximum Gasteiger partial charge on any atom is 0.254 e. The van der Waals surface area contributed by atoms with Gasteiger partial charge >= 0.3 is 0 Å². The molecule has 2 atom stereocenters. The summed E-state index contributed by atoms with van der Waals surface area (Å²) < 4.78 is 5.18. The van der Waals surface area contributed by atoms with E-state index in [1.165, 1.54) is 0 Å². The van der Waals surface area contributed by atoms with Gasteiger partial charge in [0.25, 0.3) is 5.91 Å². The maximum absolute atomic E-state index is 13.5. The van der Waals surface area contributed by atoms with Gasteiger partial charge in [-0.15, -0.1) is 0 Å². The van der Waals surface area contributed by atoms with Crippen molar-refractivity contribution in [3.63, 3.8) is 0 Å². The molecule has 170 valence electrons. The van der Waals surface area contributed by atoms with Crippen LogP contribution in [0.1, 0.15) is 40.4 Å². The fraction of sp³-hybridized carbons (Fsp3) is 0.259. The number of hydrogen-bond acceptors (Lipinski definition) is 3. The van der Waals surface area contributed by atoms with Gasteiger partial charge in [0, 0.05) is 22.8 Å². The van der Waals surface area contributed by atoms with Crippen molar-refractivity contribution in [2.24, 2.45) is 5.92 Å². The van der Waals surface area contributed by atoms with Crippen molar-refractivity contribution in [2.75, 3.05) is 19.0 Å².